The lowest BCUT2D eigenvalue weighted by molar-refractivity contribution is -0.142. The topological polar surface area (TPSA) is 64.8 Å². The van der Waals surface area contributed by atoms with Crippen molar-refractivity contribution in [1.29, 1.82) is 0 Å². The van der Waals surface area contributed by atoms with Crippen LogP contribution in [-0.2, 0) is 9.53 Å². The van der Waals surface area contributed by atoms with E-state index in [4.69, 9.17) is 15.2 Å². The van der Waals surface area contributed by atoms with E-state index in [1.165, 1.54) is 7.11 Å². The molecule has 1 aromatic rings. The summed E-state index contributed by atoms with van der Waals surface area (Å²) in [5.41, 5.74) is 7.44. The van der Waals surface area contributed by atoms with Crippen LogP contribution in [0, 0.1) is 0 Å². The first-order valence-corrected chi connectivity index (χ1v) is 6.48. The second-order valence-corrected chi connectivity index (χ2v) is 4.72. The highest BCUT2D eigenvalue weighted by Crippen LogP contribution is 2.39. The molecule has 0 saturated heterocycles. The summed E-state index contributed by atoms with van der Waals surface area (Å²) in [5.74, 6) is 0.479. The van der Waals surface area contributed by atoms with Gasteiger partial charge in [0.15, 0.2) is 0 Å². The lowest BCUT2D eigenvalue weighted by atomic mass is 10.1. The summed E-state index contributed by atoms with van der Waals surface area (Å²) in [5, 5.41) is 0. The minimum Gasteiger partial charge on any atom is -0.487 e. The van der Waals surface area contributed by atoms with Gasteiger partial charge in [0.25, 0.3) is 0 Å². The SMILES string of the molecule is CCC(C(=O)OC)N1CC(C)Oc2cccc(N)c21. The van der Waals surface area contributed by atoms with E-state index in [2.05, 4.69) is 0 Å². The molecular weight excluding hydrogens is 244 g/mol. The molecule has 0 bridgehead atoms. The molecule has 0 saturated carbocycles. The highest BCUT2D eigenvalue weighted by atomic mass is 16.5. The largest absolute Gasteiger partial charge is 0.487 e. The van der Waals surface area contributed by atoms with Crippen LogP contribution in [0.4, 0.5) is 11.4 Å². The molecule has 19 heavy (non-hydrogen) atoms. The zero-order valence-electron chi connectivity index (χ0n) is 11.6. The number of fused-ring (bicyclic) bond motifs is 1. The van der Waals surface area contributed by atoms with Crippen LogP contribution in [0.25, 0.3) is 0 Å². The van der Waals surface area contributed by atoms with Gasteiger partial charge in [-0.3, -0.25) is 0 Å². The summed E-state index contributed by atoms with van der Waals surface area (Å²) < 4.78 is 10.7. The quantitative estimate of drug-likeness (QED) is 0.666. The molecule has 0 spiro atoms. The van der Waals surface area contributed by atoms with Crippen LogP contribution in [-0.4, -0.2) is 31.8 Å². The number of para-hydroxylation sites is 1. The number of ether oxygens (including phenoxy) is 2. The summed E-state index contributed by atoms with van der Waals surface area (Å²) in [6, 6.07) is 5.21. The summed E-state index contributed by atoms with van der Waals surface area (Å²) in [6.07, 6.45) is 0.667. The van der Waals surface area contributed by atoms with Gasteiger partial charge in [-0.1, -0.05) is 13.0 Å². The van der Waals surface area contributed by atoms with Crippen LogP contribution in [0.2, 0.25) is 0 Å². The highest BCUT2D eigenvalue weighted by Gasteiger charge is 2.33. The average Bonchev–Trinajstić information content (AvgIpc) is 2.38. The van der Waals surface area contributed by atoms with Gasteiger partial charge in [0.2, 0.25) is 0 Å². The number of anilines is 2. The van der Waals surface area contributed by atoms with E-state index in [9.17, 15) is 4.79 Å². The normalized spacial score (nSPS) is 19.3. The maximum absolute atomic E-state index is 11.9. The van der Waals surface area contributed by atoms with Gasteiger partial charge < -0.3 is 20.1 Å². The second-order valence-electron chi connectivity index (χ2n) is 4.72. The van der Waals surface area contributed by atoms with E-state index in [1.54, 1.807) is 0 Å². The van der Waals surface area contributed by atoms with Crippen molar-refractivity contribution >= 4 is 17.3 Å². The van der Waals surface area contributed by atoms with Gasteiger partial charge >= 0.3 is 5.97 Å². The number of nitrogens with two attached hydrogens (primary N) is 1. The van der Waals surface area contributed by atoms with Crippen LogP contribution in [0.3, 0.4) is 0 Å². The summed E-state index contributed by atoms with van der Waals surface area (Å²) in [4.78, 5) is 13.9. The van der Waals surface area contributed by atoms with Crippen LogP contribution in [0.5, 0.6) is 5.75 Å². The van der Waals surface area contributed by atoms with E-state index >= 15 is 0 Å². The molecule has 1 aromatic carbocycles. The Hall–Kier alpha value is -1.91. The van der Waals surface area contributed by atoms with Crippen molar-refractivity contribution in [1.82, 2.24) is 0 Å². The van der Waals surface area contributed by atoms with Crippen molar-refractivity contribution in [2.75, 3.05) is 24.3 Å². The van der Waals surface area contributed by atoms with Gasteiger partial charge in [0.1, 0.15) is 23.6 Å². The van der Waals surface area contributed by atoms with Crippen molar-refractivity contribution < 1.29 is 14.3 Å². The molecule has 2 unspecified atom stereocenters. The first-order chi connectivity index (χ1) is 9.08. The molecule has 0 radical (unpaired) electrons. The predicted molar refractivity (Wildman–Crippen MR) is 74.4 cm³/mol. The van der Waals surface area contributed by atoms with E-state index in [1.807, 2.05) is 36.9 Å². The minimum atomic E-state index is -0.334. The number of benzene rings is 1. The number of rotatable bonds is 3. The fourth-order valence-corrected chi connectivity index (χ4v) is 2.50. The molecular formula is C14H20N2O3. The number of nitrogens with zero attached hydrogens (tertiary/aromatic N) is 1. The third-order valence-electron chi connectivity index (χ3n) is 3.34. The molecule has 2 atom stereocenters. The number of carbonyl (C=O) groups excluding carboxylic acids is 1. The molecule has 0 fully saturated rings. The molecule has 104 valence electrons. The number of hydrogen-bond acceptors (Lipinski definition) is 5. The second kappa shape index (κ2) is 5.38. The number of nitrogen functional groups attached to an aromatic ring is 1. The first-order valence-electron chi connectivity index (χ1n) is 6.48. The van der Waals surface area contributed by atoms with Crippen LogP contribution >= 0.6 is 0 Å². The Labute approximate surface area is 113 Å². The smallest absolute Gasteiger partial charge is 0.328 e. The molecule has 1 aliphatic heterocycles. The molecule has 5 nitrogen and oxygen atoms in total. The van der Waals surface area contributed by atoms with Gasteiger partial charge in [0, 0.05) is 0 Å². The monoisotopic (exact) mass is 264 g/mol. The fourth-order valence-electron chi connectivity index (χ4n) is 2.50. The van der Waals surface area contributed by atoms with Crippen molar-refractivity contribution in [3.05, 3.63) is 18.2 Å². The van der Waals surface area contributed by atoms with Gasteiger partial charge in [0.05, 0.1) is 19.3 Å². The number of methoxy groups -OCH3 is 1. The fraction of sp³-hybridized carbons (Fsp3) is 0.500. The molecule has 2 N–H and O–H groups in total. The van der Waals surface area contributed by atoms with Crippen molar-refractivity contribution in [2.24, 2.45) is 0 Å². The Kier molecular flexibility index (Phi) is 3.83. The Bertz CT molecular complexity index is 476. The van der Waals surface area contributed by atoms with E-state index in [0.717, 1.165) is 11.4 Å². The zero-order chi connectivity index (χ0) is 14.0. The molecule has 0 amide bonds. The summed E-state index contributed by atoms with van der Waals surface area (Å²) >= 11 is 0. The highest BCUT2D eigenvalue weighted by molar-refractivity contribution is 5.85. The Balaban J connectivity index is 2.44. The van der Waals surface area contributed by atoms with Crippen LogP contribution in [0.1, 0.15) is 20.3 Å². The van der Waals surface area contributed by atoms with Crippen molar-refractivity contribution in [3.8, 4) is 5.75 Å². The molecule has 1 heterocycles. The zero-order valence-corrected chi connectivity index (χ0v) is 11.6. The predicted octanol–water partition coefficient (Wildman–Crippen LogP) is 1.81. The standard InChI is InChI=1S/C14H20N2O3/c1-4-11(14(17)18-3)16-8-9(2)19-12-7-5-6-10(15)13(12)16/h5-7,9,11H,4,8,15H2,1-3H3. The van der Waals surface area contributed by atoms with E-state index in [-0.39, 0.29) is 18.1 Å². The minimum absolute atomic E-state index is 0.00741. The summed E-state index contributed by atoms with van der Waals surface area (Å²) in [6.45, 7) is 4.55. The lowest BCUT2D eigenvalue weighted by Crippen LogP contribution is -2.48. The Morgan fingerprint density at radius 3 is 3.00 bits per heavy atom. The van der Waals surface area contributed by atoms with Gasteiger partial charge in [-0.05, 0) is 25.5 Å². The van der Waals surface area contributed by atoms with Crippen molar-refractivity contribution in [3.63, 3.8) is 0 Å². The maximum Gasteiger partial charge on any atom is 0.328 e. The van der Waals surface area contributed by atoms with Crippen LogP contribution < -0.4 is 15.4 Å². The molecule has 0 aromatic heterocycles. The van der Waals surface area contributed by atoms with Gasteiger partial charge in [-0.15, -0.1) is 0 Å². The number of carbonyl (C=O) groups is 1. The van der Waals surface area contributed by atoms with Gasteiger partial charge in [-0.25, -0.2) is 4.79 Å². The van der Waals surface area contributed by atoms with E-state index < -0.39 is 0 Å². The van der Waals surface area contributed by atoms with Crippen LogP contribution in [0.15, 0.2) is 18.2 Å². The lowest BCUT2D eigenvalue weighted by Gasteiger charge is -2.39. The Morgan fingerprint density at radius 1 is 1.63 bits per heavy atom. The van der Waals surface area contributed by atoms with Crippen molar-refractivity contribution in [2.45, 2.75) is 32.4 Å². The summed E-state index contributed by atoms with van der Waals surface area (Å²) in [7, 11) is 1.41. The maximum atomic E-state index is 11.9. The molecule has 1 aliphatic rings. The third kappa shape index (κ3) is 2.45. The third-order valence-corrected chi connectivity index (χ3v) is 3.34. The Morgan fingerprint density at radius 2 is 2.37 bits per heavy atom. The van der Waals surface area contributed by atoms with Gasteiger partial charge in [-0.2, -0.15) is 0 Å². The van der Waals surface area contributed by atoms with E-state index in [0.29, 0.717) is 18.7 Å². The number of hydrogen-bond donors (Lipinski definition) is 1. The number of esters is 1. The molecule has 2 rings (SSSR count). The molecule has 5 heteroatoms. The first kappa shape index (κ1) is 13.5. The average molecular weight is 264 g/mol. The molecule has 0 aliphatic carbocycles.